The van der Waals surface area contributed by atoms with Crippen LogP contribution in [0.25, 0.3) is 11.0 Å². The Morgan fingerprint density at radius 1 is 1.02 bits per heavy atom. The Balaban J connectivity index is 1.48. The lowest BCUT2D eigenvalue weighted by molar-refractivity contribution is -0.142. The molecule has 1 heterocycles. The molecule has 3 aromatic rings. The molecule has 0 bridgehead atoms. The molecule has 40 heavy (non-hydrogen) atoms. The maximum absolute atomic E-state index is 12.5. The number of carbonyl (C=O) groups excluding carboxylic acids is 3. The summed E-state index contributed by atoms with van der Waals surface area (Å²) in [7, 11) is 1.92. The van der Waals surface area contributed by atoms with Gasteiger partial charge >= 0.3 is 12.1 Å². The number of unbranched alkanes of at least 4 members (excludes halogenated alkanes) is 3. The van der Waals surface area contributed by atoms with Gasteiger partial charge in [0.2, 0.25) is 0 Å². The molecule has 0 saturated heterocycles. The fourth-order valence-electron chi connectivity index (χ4n) is 3.92. The van der Waals surface area contributed by atoms with Crippen LogP contribution in [0.4, 0.5) is 10.5 Å². The van der Waals surface area contributed by atoms with Gasteiger partial charge in [-0.25, -0.2) is 15.2 Å². The first kappa shape index (κ1) is 30.1. The van der Waals surface area contributed by atoms with Gasteiger partial charge in [0.15, 0.2) is 0 Å². The summed E-state index contributed by atoms with van der Waals surface area (Å²) >= 11 is 0. The van der Waals surface area contributed by atoms with Crippen molar-refractivity contribution in [3.8, 4) is 0 Å². The number of ether oxygens (including phenoxy) is 2. The molecule has 0 radical (unpaired) electrons. The quantitative estimate of drug-likeness (QED) is 0.110. The summed E-state index contributed by atoms with van der Waals surface area (Å²) in [5.74, 6) is 0.192. The maximum Gasteiger partial charge on any atom is 0.427 e. The van der Waals surface area contributed by atoms with E-state index in [-0.39, 0.29) is 24.8 Å². The highest BCUT2D eigenvalue weighted by Gasteiger charge is 2.12. The second-order valence-corrected chi connectivity index (χ2v) is 9.14. The maximum atomic E-state index is 12.5. The predicted molar refractivity (Wildman–Crippen MR) is 154 cm³/mol. The Labute approximate surface area is 234 Å². The van der Waals surface area contributed by atoms with Gasteiger partial charge < -0.3 is 24.7 Å². The molecular formula is C29H38N6O5. The Bertz CT molecular complexity index is 1300. The van der Waals surface area contributed by atoms with Crippen LogP contribution >= 0.6 is 0 Å². The second-order valence-electron chi connectivity index (χ2n) is 9.14. The minimum Gasteiger partial charge on any atom is -0.466 e. The smallest absolute Gasteiger partial charge is 0.427 e. The van der Waals surface area contributed by atoms with Gasteiger partial charge in [-0.2, -0.15) is 5.10 Å². The molecule has 0 aliphatic heterocycles. The zero-order valence-corrected chi connectivity index (χ0v) is 23.4. The van der Waals surface area contributed by atoms with Crippen molar-refractivity contribution in [2.45, 2.75) is 52.5 Å². The predicted octanol–water partition coefficient (Wildman–Crippen LogP) is 4.51. The molecule has 3 rings (SSSR count). The standard InChI is InChI=1S/C29H38N6O5/c1-4-6-7-8-17-40-29(38)34-32-19-21-9-12-23(13-10-21)31-20-26-33-24-18-22(11-14-25(24)35(26)3)28(37)30-16-15-27(36)39-5-2/h9-14,18-19,31H,4-8,15-17,20H2,1-3H3,(H,30,37)(H,34,38). The van der Waals surface area contributed by atoms with Crippen molar-refractivity contribution in [2.75, 3.05) is 25.1 Å². The number of anilines is 1. The van der Waals surface area contributed by atoms with Crippen LogP contribution in [0, 0.1) is 0 Å². The summed E-state index contributed by atoms with van der Waals surface area (Å²) in [5.41, 5.74) is 6.17. The number of nitrogens with one attached hydrogen (secondary N) is 3. The Morgan fingerprint density at radius 2 is 1.82 bits per heavy atom. The number of amides is 2. The molecule has 1 aromatic heterocycles. The van der Waals surface area contributed by atoms with E-state index in [0.29, 0.717) is 30.8 Å². The summed E-state index contributed by atoms with van der Waals surface area (Å²) < 4.78 is 11.9. The van der Waals surface area contributed by atoms with E-state index in [1.165, 1.54) is 0 Å². The molecule has 2 amide bonds. The number of rotatable bonds is 15. The summed E-state index contributed by atoms with van der Waals surface area (Å²) in [4.78, 5) is 40.3. The first-order chi connectivity index (χ1) is 19.4. The third-order valence-corrected chi connectivity index (χ3v) is 6.12. The first-order valence-corrected chi connectivity index (χ1v) is 13.6. The van der Waals surface area contributed by atoms with Crippen LogP contribution < -0.4 is 16.1 Å². The minimum absolute atomic E-state index is 0.125. The molecule has 0 unspecified atom stereocenters. The molecule has 0 atom stereocenters. The molecule has 11 nitrogen and oxygen atoms in total. The molecule has 0 aliphatic carbocycles. The number of hydrogen-bond acceptors (Lipinski definition) is 8. The largest absolute Gasteiger partial charge is 0.466 e. The number of aryl methyl sites for hydroxylation is 1. The van der Waals surface area contributed by atoms with Gasteiger partial charge in [-0.05, 0) is 49.2 Å². The van der Waals surface area contributed by atoms with Gasteiger partial charge in [0, 0.05) is 24.8 Å². The number of esters is 1. The van der Waals surface area contributed by atoms with E-state index in [1.54, 1.807) is 25.3 Å². The highest BCUT2D eigenvalue weighted by molar-refractivity contribution is 5.97. The Kier molecular flexibility index (Phi) is 12.0. The Hall–Kier alpha value is -4.41. The second kappa shape index (κ2) is 15.9. The number of benzene rings is 2. The number of nitrogens with zero attached hydrogens (tertiary/aromatic N) is 3. The molecule has 0 aliphatic rings. The zero-order chi connectivity index (χ0) is 28.7. The van der Waals surface area contributed by atoms with Crippen LogP contribution in [0.5, 0.6) is 0 Å². The summed E-state index contributed by atoms with van der Waals surface area (Å²) in [6.07, 6.45) is 5.29. The van der Waals surface area contributed by atoms with E-state index < -0.39 is 6.09 Å². The number of carbonyl (C=O) groups is 3. The van der Waals surface area contributed by atoms with E-state index in [9.17, 15) is 14.4 Å². The van der Waals surface area contributed by atoms with E-state index in [1.807, 2.05) is 41.9 Å². The number of hydrogen-bond donors (Lipinski definition) is 3. The van der Waals surface area contributed by atoms with Crippen molar-refractivity contribution in [2.24, 2.45) is 12.1 Å². The van der Waals surface area contributed by atoms with Crippen molar-refractivity contribution >= 4 is 40.9 Å². The van der Waals surface area contributed by atoms with Gasteiger partial charge in [0.05, 0.1) is 43.4 Å². The average Bonchev–Trinajstić information content (AvgIpc) is 3.27. The van der Waals surface area contributed by atoms with Crippen LogP contribution in [0.3, 0.4) is 0 Å². The molecule has 214 valence electrons. The minimum atomic E-state index is -0.560. The first-order valence-electron chi connectivity index (χ1n) is 13.6. The molecule has 3 N–H and O–H groups in total. The van der Waals surface area contributed by atoms with Crippen LogP contribution in [0.2, 0.25) is 0 Å². The van der Waals surface area contributed by atoms with Crippen LogP contribution in [0.15, 0.2) is 47.6 Å². The molecule has 11 heteroatoms. The van der Waals surface area contributed by atoms with Crippen LogP contribution in [-0.4, -0.2) is 53.5 Å². The number of hydrazone groups is 1. The zero-order valence-electron chi connectivity index (χ0n) is 23.4. The highest BCUT2D eigenvalue weighted by atomic mass is 16.6. The summed E-state index contributed by atoms with van der Waals surface area (Å²) in [6, 6.07) is 12.9. The summed E-state index contributed by atoms with van der Waals surface area (Å²) in [5, 5.41) is 10.0. The average molecular weight is 551 g/mol. The van der Waals surface area contributed by atoms with Crippen molar-refractivity contribution < 1.29 is 23.9 Å². The van der Waals surface area contributed by atoms with E-state index in [4.69, 9.17) is 9.47 Å². The van der Waals surface area contributed by atoms with E-state index in [0.717, 1.165) is 48.3 Å². The lowest BCUT2D eigenvalue weighted by Gasteiger charge is -2.07. The van der Waals surface area contributed by atoms with Crippen molar-refractivity contribution in [1.29, 1.82) is 0 Å². The number of fused-ring (bicyclic) bond motifs is 1. The highest BCUT2D eigenvalue weighted by Crippen LogP contribution is 2.18. The van der Waals surface area contributed by atoms with Crippen molar-refractivity contribution in [1.82, 2.24) is 20.3 Å². The lowest BCUT2D eigenvalue weighted by atomic mass is 10.2. The Morgan fingerprint density at radius 3 is 2.58 bits per heavy atom. The van der Waals surface area contributed by atoms with Gasteiger partial charge in [-0.1, -0.05) is 38.3 Å². The number of imidazole rings is 1. The topological polar surface area (TPSA) is 136 Å². The van der Waals surface area contributed by atoms with E-state index in [2.05, 4.69) is 33.1 Å². The fourth-order valence-corrected chi connectivity index (χ4v) is 3.92. The van der Waals surface area contributed by atoms with Crippen molar-refractivity contribution in [3.05, 3.63) is 59.4 Å². The molecule has 0 saturated carbocycles. The van der Waals surface area contributed by atoms with E-state index >= 15 is 0 Å². The summed E-state index contributed by atoms with van der Waals surface area (Å²) in [6.45, 7) is 5.27. The van der Waals surface area contributed by atoms with Crippen LogP contribution in [-0.2, 0) is 27.9 Å². The SMILES string of the molecule is CCCCCCOC(=O)NN=Cc1ccc(NCc2nc3cc(C(=O)NCCC(=O)OCC)ccc3n2C)cc1. The number of aromatic nitrogens is 2. The normalized spacial score (nSPS) is 11.0. The van der Waals surface area contributed by atoms with Gasteiger partial charge in [0.1, 0.15) is 5.82 Å². The lowest BCUT2D eigenvalue weighted by Crippen LogP contribution is -2.26. The van der Waals surface area contributed by atoms with Crippen molar-refractivity contribution in [3.63, 3.8) is 0 Å². The molecule has 0 spiro atoms. The third kappa shape index (κ3) is 9.40. The van der Waals surface area contributed by atoms with Gasteiger partial charge in [-0.3, -0.25) is 9.59 Å². The van der Waals surface area contributed by atoms with Gasteiger partial charge in [0.25, 0.3) is 5.91 Å². The third-order valence-electron chi connectivity index (χ3n) is 6.12. The molecular weight excluding hydrogens is 512 g/mol. The monoisotopic (exact) mass is 550 g/mol. The van der Waals surface area contributed by atoms with Crippen LogP contribution in [0.1, 0.15) is 67.7 Å². The van der Waals surface area contributed by atoms with Gasteiger partial charge in [-0.15, -0.1) is 0 Å². The molecule has 2 aromatic carbocycles. The fraction of sp³-hybridized carbons (Fsp3) is 0.414. The molecule has 0 fully saturated rings.